The number of nitrogens with zero attached hydrogens (tertiary/aromatic N) is 2. The Labute approximate surface area is 150 Å². The minimum Gasteiger partial charge on any atom is -0.360 e. The van der Waals surface area contributed by atoms with Gasteiger partial charge in [-0.05, 0) is 18.8 Å². The third-order valence-corrected chi connectivity index (χ3v) is 5.46. The van der Waals surface area contributed by atoms with Crippen molar-refractivity contribution in [2.45, 2.75) is 38.5 Å². The molecule has 3 aromatic rings. The first-order valence-corrected chi connectivity index (χ1v) is 9.27. The fourth-order valence-electron chi connectivity index (χ4n) is 2.70. The summed E-state index contributed by atoms with van der Waals surface area (Å²) in [5, 5.41) is 7.33. The van der Waals surface area contributed by atoms with Crippen LogP contribution in [-0.2, 0) is 0 Å². The molecule has 0 unspecified atom stereocenters. The number of hydrogen-bond acceptors (Lipinski definition) is 5. The standard InChI is InChI=1S/C19H19N3O2S/c1-11(2)17-16(13-6-4-3-5-7-13)20-19(25-17)21-18(23)14-10-15(24-22-14)12-8-9-12/h3-7,10-12H,8-9H2,1-2H3,(H,20,21,23). The Morgan fingerprint density at radius 2 is 2.04 bits per heavy atom. The van der Waals surface area contributed by atoms with Crippen LogP contribution in [0.3, 0.4) is 0 Å². The first-order chi connectivity index (χ1) is 12.1. The number of carbonyl (C=O) groups is 1. The molecule has 2 heterocycles. The first kappa shape index (κ1) is 16.0. The van der Waals surface area contributed by atoms with E-state index in [1.165, 1.54) is 11.3 Å². The van der Waals surface area contributed by atoms with Gasteiger partial charge in [0.25, 0.3) is 5.91 Å². The van der Waals surface area contributed by atoms with Crippen molar-refractivity contribution in [1.29, 1.82) is 0 Å². The Kier molecular flexibility index (Phi) is 4.13. The van der Waals surface area contributed by atoms with E-state index in [1.807, 2.05) is 30.3 Å². The van der Waals surface area contributed by atoms with Crippen LogP contribution in [0.4, 0.5) is 5.13 Å². The monoisotopic (exact) mass is 353 g/mol. The maximum absolute atomic E-state index is 12.4. The lowest BCUT2D eigenvalue weighted by atomic mass is 10.1. The van der Waals surface area contributed by atoms with Crippen molar-refractivity contribution in [3.05, 3.63) is 52.7 Å². The molecule has 0 radical (unpaired) electrons. The highest BCUT2D eigenvalue weighted by molar-refractivity contribution is 7.16. The number of thiazole rings is 1. The molecular formula is C19H19N3O2S. The largest absolute Gasteiger partial charge is 0.360 e. The molecule has 1 saturated carbocycles. The topological polar surface area (TPSA) is 68.0 Å². The molecule has 1 aromatic carbocycles. The highest BCUT2D eigenvalue weighted by Gasteiger charge is 2.29. The van der Waals surface area contributed by atoms with E-state index < -0.39 is 0 Å². The molecule has 1 amide bonds. The fraction of sp³-hybridized carbons (Fsp3) is 0.316. The van der Waals surface area contributed by atoms with E-state index in [1.54, 1.807) is 6.07 Å². The van der Waals surface area contributed by atoms with Gasteiger partial charge < -0.3 is 4.52 Å². The zero-order valence-electron chi connectivity index (χ0n) is 14.2. The number of benzene rings is 1. The summed E-state index contributed by atoms with van der Waals surface area (Å²) in [5.74, 6) is 1.29. The molecule has 1 aliphatic carbocycles. The van der Waals surface area contributed by atoms with E-state index in [4.69, 9.17) is 4.52 Å². The lowest BCUT2D eigenvalue weighted by molar-refractivity contribution is 0.101. The van der Waals surface area contributed by atoms with Crippen molar-refractivity contribution in [3.63, 3.8) is 0 Å². The maximum atomic E-state index is 12.4. The van der Waals surface area contributed by atoms with Crippen molar-refractivity contribution < 1.29 is 9.32 Å². The van der Waals surface area contributed by atoms with Gasteiger partial charge in [-0.25, -0.2) is 4.98 Å². The molecule has 128 valence electrons. The van der Waals surface area contributed by atoms with Gasteiger partial charge >= 0.3 is 0 Å². The molecule has 0 aliphatic heterocycles. The van der Waals surface area contributed by atoms with Gasteiger partial charge in [0.1, 0.15) is 5.76 Å². The maximum Gasteiger partial charge on any atom is 0.279 e. The first-order valence-electron chi connectivity index (χ1n) is 8.46. The normalized spacial score (nSPS) is 14.0. The van der Waals surface area contributed by atoms with Crippen LogP contribution in [0, 0.1) is 0 Å². The summed E-state index contributed by atoms with van der Waals surface area (Å²) in [4.78, 5) is 18.2. The van der Waals surface area contributed by atoms with Crippen molar-refractivity contribution in [3.8, 4) is 11.3 Å². The second-order valence-electron chi connectivity index (χ2n) is 6.60. The van der Waals surface area contributed by atoms with Gasteiger partial charge in [0.2, 0.25) is 0 Å². The molecule has 2 aromatic heterocycles. The molecule has 0 spiro atoms. The molecule has 1 N–H and O–H groups in total. The number of nitrogens with one attached hydrogen (secondary N) is 1. The van der Waals surface area contributed by atoms with Crippen molar-refractivity contribution >= 4 is 22.4 Å². The molecule has 0 bridgehead atoms. The molecule has 1 aliphatic rings. The number of amides is 1. The van der Waals surface area contributed by atoms with Crippen molar-refractivity contribution in [2.75, 3.05) is 5.32 Å². The summed E-state index contributed by atoms with van der Waals surface area (Å²) < 4.78 is 5.26. The second kappa shape index (κ2) is 6.44. The molecule has 0 saturated heterocycles. The van der Waals surface area contributed by atoms with Gasteiger partial charge in [0, 0.05) is 22.4 Å². The number of carbonyl (C=O) groups excluding carboxylic acids is 1. The Bertz CT molecular complexity index is 895. The highest BCUT2D eigenvalue weighted by Crippen LogP contribution is 2.40. The van der Waals surface area contributed by atoms with Gasteiger partial charge in [-0.2, -0.15) is 0 Å². The summed E-state index contributed by atoms with van der Waals surface area (Å²) in [6.07, 6.45) is 2.22. The lowest BCUT2D eigenvalue weighted by Gasteiger charge is -2.04. The zero-order valence-corrected chi connectivity index (χ0v) is 15.0. The fourth-order valence-corrected chi connectivity index (χ4v) is 3.68. The molecular weight excluding hydrogens is 334 g/mol. The molecule has 0 atom stereocenters. The Hall–Kier alpha value is -2.47. The third-order valence-electron chi connectivity index (χ3n) is 4.19. The average molecular weight is 353 g/mol. The van der Waals surface area contributed by atoms with E-state index in [0.717, 1.165) is 34.7 Å². The Balaban J connectivity index is 1.58. The Morgan fingerprint density at radius 1 is 1.28 bits per heavy atom. The molecule has 1 fully saturated rings. The smallest absolute Gasteiger partial charge is 0.279 e. The van der Waals surface area contributed by atoms with Crippen LogP contribution in [0.25, 0.3) is 11.3 Å². The summed E-state index contributed by atoms with van der Waals surface area (Å²) in [6.45, 7) is 4.26. The summed E-state index contributed by atoms with van der Waals surface area (Å²) in [7, 11) is 0. The average Bonchev–Trinajstić information content (AvgIpc) is 3.18. The van der Waals surface area contributed by atoms with Gasteiger partial charge in [-0.15, -0.1) is 11.3 Å². The molecule has 25 heavy (non-hydrogen) atoms. The predicted octanol–water partition coefficient (Wildman–Crippen LogP) is 5.05. The minimum atomic E-state index is -0.278. The van der Waals surface area contributed by atoms with Crippen LogP contribution in [0.5, 0.6) is 0 Å². The minimum absolute atomic E-state index is 0.278. The number of hydrogen-bond donors (Lipinski definition) is 1. The van der Waals surface area contributed by atoms with E-state index in [2.05, 4.69) is 29.3 Å². The van der Waals surface area contributed by atoms with Crippen LogP contribution in [0.1, 0.15) is 59.7 Å². The van der Waals surface area contributed by atoms with E-state index in [9.17, 15) is 4.79 Å². The lowest BCUT2D eigenvalue weighted by Crippen LogP contribution is -2.11. The van der Waals surface area contributed by atoms with Crippen LogP contribution < -0.4 is 5.32 Å². The SMILES string of the molecule is CC(C)c1sc(NC(=O)c2cc(C3CC3)on2)nc1-c1ccccc1. The van der Waals surface area contributed by atoms with Crippen LogP contribution in [-0.4, -0.2) is 16.0 Å². The summed E-state index contributed by atoms with van der Waals surface area (Å²) in [6, 6.07) is 11.8. The second-order valence-corrected chi connectivity index (χ2v) is 7.63. The quantitative estimate of drug-likeness (QED) is 0.697. The highest BCUT2D eigenvalue weighted by atomic mass is 32.1. The number of aromatic nitrogens is 2. The zero-order chi connectivity index (χ0) is 17.4. The summed E-state index contributed by atoms with van der Waals surface area (Å²) in [5.41, 5.74) is 2.29. The third kappa shape index (κ3) is 3.35. The molecule has 6 heteroatoms. The van der Waals surface area contributed by atoms with Gasteiger partial charge in [-0.1, -0.05) is 49.3 Å². The number of rotatable bonds is 5. The van der Waals surface area contributed by atoms with Gasteiger partial charge in [0.15, 0.2) is 10.8 Å². The Morgan fingerprint density at radius 3 is 2.72 bits per heavy atom. The molecule has 5 nitrogen and oxygen atoms in total. The van der Waals surface area contributed by atoms with E-state index in [-0.39, 0.29) is 5.91 Å². The van der Waals surface area contributed by atoms with Crippen LogP contribution >= 0.6 is 11.3 Å². The van der Waals surface area contributed by atoms with Crippen LogP contribution in [0.2, 0.25) is 0 Å². The van der Waals surface area contributed by atoms with Gasteiger partial charge in [0.05, 0.1) is 5.69 Å². The van der Waals surface area contributed by atoms with Crippen molar-refractivity contribution in [2.24, 2.45) is 0 Å². The van der Waals surface area contributed by atoms with E-state index in [0.29, 0.717) is 22.7 Å². The van der Waals surface area contributed by atoms with Crippen molar-refractivity contribution in [1.82, 2.24) is 10.1 Å². The number of anilines is 1. The molecule has 4 rings (SSSR count). The van der Waals surface area contributed by atoms with Crippen LogP contribution in [0.15, 0.2) is 40.9 Å². The predicted molar refractivity (Wildman–Crippen MR) is 98.1 cm³/mol. The summed E-state index contributed by atoms with van der Waals surface area (Å²) >= 11 is 1.51. The van der Waals surface area contributed by atoms with E-state index >= 15 is 0 Å². The van der Waals surface area contributed by atoms with Gasteiger partial charge in [-0.3, -0.25) is 10.1 Å².